The largest absolute Gasteiger partial charge is 0.490 e. The van der Waals surface area contributed by atoms with Gasteiger partial charge in [-0.25, -0.2) is 4.79 Å². The normalized spacial score (nSPS) is 16.9. The topological polar surface area (TPSA) is 192 Å². The van der Waals surface area contributed by atoms with Crippen LogP contribution in [0.2, 0.25) is 15.1 Å². The van der Waals surface area contributed by atoms with Gasteiger partial charge in [0.2, 0.25) is 0 Å². The SMILES string of the molecule is CN1CCC(NCCC2CNC(=O)c3cc(-c4cccc(Cl)c4)c(-c4ccccc4)n32)CC1.O=C(O)C(F)(F)F.O=C1NCC(CCO)n2c1cc(-c1cccc(Cl)c1)c2-c1ccccc1.O=CCC1CNC(=O)c2cc(-c3cccc(Cl)c3)c(-c3ccccc3)n21. The van der Waals surface area contributed by atoms with Crippen molar-refractivity contribution in [1.82, 2.24) is 39.9 Å². The molecule has 0 saturated carbocycles. The van der Waals surface area contributed by atoms with Crippen LogP contribution in [0, 0.1) is 0 Å². The third-order valence-electron chi connectivity index (χ3n) is 16.6. The molecule has 9 aromatic rings. The van der Waals surface area contributed by atoms with Crippen LogP contribution in [0.5, 0.6) is 0 Å². The molecular weight excluding hydrogens is 1240 g/mol. The molecule has 21 heteroatoms. The second kappa shape index (κ2) is 30.1. The van der Waals surface area contributed by atoms with Gasteiger partial charge in [0.15, 0.2) is 0 Å². The number of aliphatic hydroxyl groups excluding tert-OH is 1. The van der Waals surface area contributed by atoms with Gasteiger partial charge in [0.1, 0.15) is 23.4 Å². The first-order valence-corrected chi connectivity index (χ1v) is 31.4. The van der Waals surface area contributed by atoms with Gasteiger partial charge >= 0.3 is 12.1 Å². The Hall–Kier alpha value is -8.75. The van der Waals surface area contributed by atoms with Crippen molar-refractivity contribution in [2.75, 3.05) is 52.9 Å². The number of amides is 3. The molecule has 1 saturated heterocycles. The smallest absolute Gasteiger partial charge is 0.475 e. The summed E-state index contributed by atoms with van der Waals surface area (Å²) < 4.78 is 38.1. The lowest BCUT2D eigenvalue weighted by molar-refractivity contribution is -0.192. The lowest BCUT2D eigenvalue weighted by atomic mass is 10.0. The van der Waals surface area contributed by atoms with E-state index in [4.69, 9.17) is 44.7 Å². The summed E-state index contributed by atoms with van der Waals surface area (Å²) in [6.45, 7) is 4.90. The Bertz CT molecular complexity index is 4080. The monoisotopic (exact) mass is 1310 g/mol. The van der Waals surface area contributed by atoms with Crippen LogP contribution in [0.25, 0.3) is 67.2 Å². The number of rotatable bonds is 14. The molecule has 3 atom stereocenters. The predicted molar refractivity (Wildman–Crippen MR) is 354 cm³/mol. The maximum absolute atomic E-state index is 12.9. The zero-order valence-electron chi connectivity index (χ0n) is 50.2. The van der Waals surface area contributed by atoms with E-state index in [9.17, 15) is 37.5 Å². The van der Waals surface area contributed by atoms with Gasteiger partial charge in [-0.15, -0.1) is 0 Å². The molecule has 0 aliphatic carbocycles. The molecule has 1 fully saturated rings. The molecule has 13 rings (SSSR count). The zero-order chi connectivity index (χ0) is 65.1. The van der Waals surface area contributed by atoms with Crippen LogP contribution < -0.4 is 21.3 Å². The molecule has 6 N–H and O–H groups in total. The number of aromatic nitrogens is 3. The lowest BCUT2D eigenvalue weighted by Crippen LogP contribution is -2.43. The molecule has 92 heavy (non-hydrogen) atoms. The van der Waals surface area contributed by atoms with Gasteiger partial charge in [-0.1, -0.05) is 162 Å². The molecule has 0 radical (unpaired) electrons. The number of halogens is 6. The fourth-order valence-electron chi connectivity index (χ4n) is 12.3. The fraction of sp³-hybridized carbons (Fsp3) is 0.254. The van der Waals surface area contributed by atoms with Gasteiger partial charge in [0, 0.05) is 70.5 Å². The number of likely N-dealkylation sites (tertiary alicyclic amines) is 1. The average Bonchev–Trinajstić information content (AvgIpc) is 1.62. The van der Waals surface area contributed by atoms with Crippen molar-refractivity contribution in [1.29, 1.82) is 0 Å². The first kappa shape index (κ1) is 66.2. The third-order valence-corrected chi connectivity index (χ3v) is 17.4. The molecule has 476 valence electrons. The first-order valence-electron chi connectivity index (χ1n) is 30.2. The average molecular weight is 1310 g/mol. The quantitative estimate of drug-likeness (QED) is 0.0575. The van der Waals surface area contributed by atoms with Crippen molar-refractivity contribution >= 4 is 64.8 Å². The molecule has 4 aliphatic heterocycles. The fourth-order valence-corrected chi connectivity index (χ4v) is 12.9. The number of carbonyl (C=O) groups excluding carboxylic acids is 4. The van der Waals surface area contributed by atoms with Gasteiger partial charge < -0.3 is 54.9 Å². The number of hydrogen-bond acceptors (Lipinski definition) is 8. The Labute approximate surface area is 545 Å². The van der Waals surface area contributed by atoms with Crippen LogP contribution in [0.1, 0.15) is 81.7 Å². The number of carboxylic acids is 1. The summed E-state index contributed by atoms with van der Waals surface area (Å²) >= 11 is 18.7. The van der Waals surface area contributed by atoms with Gasteiger partial charge in [0.05, 0.1) is 35.2 Å². The zero-order valence-corrected chi connectivity index (χ0v) is 52.5. The van der Waals surface area contributed by atoms with E-state index in [0.29, 0.717) is 65.0 Å². The molecule has 0 spiro atoms. The molecule has 0 bridgehead atoms. The Morgan fingerprint density at radius 2 is 0.870 bits per heavy atom. The number of carboxylic acid groups (broad SMARTS) is 1. The number of aliphatic carboxylic acids is 1. The summed E-state index contributed by atoms with van der Waals surface area (Å²) in [5.41, 5.74) is 13.9. The van der Waals surface area contributed by atoms with E-state index in [0.717, 1.165) is 105 Å². The van der Waals surface area contributed by atoms with E-state index in [1.54, 1.807) is 0 Å². The lowest BCUT2D eigenvalue weighted by Gasteiger charge is -2.32. The minimum atomic E-state index is -5.08. The number of benzene rings is 6. The maximum atomic E-state index is 12.9. The molecule has 3 aromatic heterocycles. The molecule has 3 unspecified atom stereocenters. The number of carbonyl (C=O) groups is 5. The molecule has 4 aliphatic rings. The van der Waals surface area contributed by atoms with Crippen molar-refractivity contribution in [3.63, 3.8) is 0 Å². The molecule has 15 nitrogen and oxygen atoms in total. The van der Waals surface area contributed by atoms with Crippen molar-refractivity contribution in [2.24, 2.45) is 0 Å². The van der Waals surface area contributed by atoms with Crippen LogP contribution in [0.15, 0.2) is 182 Å². The number of alkyl halides is 3. The minimum absolute atomic E-state index is 0.0100. The third kappa shape index (κ3) is 15.4. The summed E-state index contributed by atoms with van der Waals surface area (Å²) in [4.78, 5) is 60.4. The summed E-state index contributed by atoms with van der Waals surface area (Å²) in [7, 11) is 2.19. The number of aliphatic hydroxyl groups is 1. The van der Waals surface area contributed by atoms with E-state index in [1.165, 1.54) is 12.8 Å². The molecular formula is C71H68Cl3F3N8O7. The second-order valence-corrected chi connectivity index (χ2v) is 24.1. The van der Waals surface area contributed by atoms with E-state index in [-0.39, 0.29) is 42.5 Å². The Morgan fingerprint density at radius 1 is 0.533 bits per heavy atom. The van der Waals surface area contributed by atoms with E-state index >= 15 is 0 Å². The van der Waals surface area contributed by atoms with Crippen LogP contribution in [-0.2, 0) is 9.59 Å². The Balaban J connectivity index is 0.000000145. The first-order chi connectivity index (χ1) is 44.4. The number of piperidine rings is 1. The highest BCUT2D eigenvalue weighted by atomic mass is 35.5. The summed E-state index contributed by atoms with van der Waals surface area (Å²) in [6, 6.07) is 60.0. The molecule has 3 amide bonds. The van der Waals surface area contributed by atoms with Crippen molar-refractivity contribution in [2.45, 2.75) is 62.4 Å². The van der Waals surface area contributed by atoms with Gasteiger partial charge in [0.25, 0.3) is 17.7 Å². The second-order valence-electron chi connectivity index (χ2n) is 22.7. The van der Waals surface area contributed by atoms with Gasteiger partial charge in [-0.2, -0.15) is 13.2 Å². The van der Waals surface area contributed by atoms with Crippen molar-refractivity contribution < 1.29 is 47.4 Å². The maximum Gasteiger partial charge on any atom is 0.490 e. The molecule has 7 heterocycles. The molecule has 6 aromatic carbocycles. The van der Waals surface area contributed by atoms with Crippen molar-refractivity contribution in [3.05, 3.63) is 214 Å². The number of aldehydes is 1. The summed E-state index contributed by atoms with van der Waals surface area (Å²) in [5.74, 6) is -2.99. The van der Waals surface area contributed by atoms with Crippen LogP contribution in [0.4, 0.5) is 13.2 Å². The van der Waals surface area contributed by atoms with E-state index < -0.39 is 12.1 Å². The standard InChI is InChI=1S/C27H31ClN4O.C21H19ClN2O2.C21H17ClN2O2.C2HF3O2/c1-31-14-11-22(12-15-31)29-13-10-23-18-30-27(33)25-17-24(20-8-5-9-21(28)16-20)26(32(23)25)19-6-3-2-4-7-19;2*22-16-8-4-7-15(11-16)18-12-19-21(26)23-13-17(9-10-25)24(19)20(18)14-5-2-1-3-6-14;3-2(4,5)1(6)7/h2-9,16-17,22-23,29H,10-15,18H2,1H3,(H,30,33);1-8,11-12,17,25H,9-10,13H2,(H,23,26);1-8,10-12,17H,9,13H2,(H,23,26);(H,6,7). The van der Waals surface area contributed by atoms with E-state index in [2.05, 4.69) is 72.7 Å². The number of nitrogens with one attached hydrogen (secondary N) is 4. The van der Waals surface area contributed by atoms with Crippen LogP contribution >= 0.6 is 34.8 Å². The highest BCUT2D eigenvalue weighted by Crippen LogP contribution is 2.43. The van der Waals surface area contributed by atoms with Gasteiger partial charge in [-0.3, -0.25) is 14.4 Å². The summed E-state index contributed by atoms with van der Waals surface area (Å²) in [6.07, 6.45) is 0.0954. The minimum Gasteiger partial charge on any atom is -0.475 e. The Morgan fingerprint density at radius 3 is 1.21 bits per heavy atom. The number of fused-ring (bicyclic) bond motifs is 3. The summed E-state index contributed by atoms with van der Waals surface area (Å²) in [5, 5.41) is 31.3. The predicted octanol–water partition coefficient (Wildman–Crippen LogP) is 14.0. The highest BCUT2D eigenvalue weighted by molar-refractivity contribution is 6.31. The van der Waals surface area contributed by atoms with Crippen molar-refractivity contribution in [3.8, 4) is 67.2 Å². The number of hydrogen-bond donors (Lipinski definition) is 6. The Kier molecular flexibility index (Phi) is 21.7. The van der Waals surface area contributed by atoms with E-state index in [1.807, 2.05) is 156 Å². The highest BCUT2D eigenvalue weighted by Gasteiger charge is 2.38. The van der Waals surface area contributed by atoms with Crippen LogP contribution in [-0.4, -0.2) is 124 Å². The van der Waals surface area contributed by atoms with Crippen LogP contribution in [0.3, 0.4) is 0 Å². The number of nitrogens with zero attached hydrogens (tertiary/aromatic N) is 4. The van der Waals surface area contributed by atoms with Gasteiger partial charge in [-0.05, 0) is 140 Å².